The second-order valence-electron chi connectivity index (χ2n) is 5.17. The van der Waals surface area contributed by atoms with Crippen molar-refractivity contribution in [1.82, 2.24) is 5.32 Å². The highest BCUT2D eigenvalue weighted by Crippen LogP contribution is 2.22. The van der Waals surface area contributed by atoms with Crippen LogP contribution in [0.3, 0.4) is 0 Å². The van der Waals surface area contributed by atoms with Crippen molar-refractivity contribution in [3.8, 4) is 18.1 Å². The topological polar surface area (TPSA) is 21.3 Å². The Bertz CT molecular complexity index is 623. The molecule has 0 radical (unpaired) electrons. The molecule has 0 atom stereocenters. The number of benzene rings is 2. The Balaban J connectivity index is 2.21. The number of methoxy groups -OCH3 is 1. The van der Waals surface area contributed by atoms with Gasteiger partial charge in [0.15, 0.2) is 0 Å². The molecule has 0 spiro atoms. The second kappa shape index (κ2) is 5.34. The minimum absolute atomic E-state index is 0.283. The van der Waals surface area contributed by atoms with E-state index < -0.39 is 0 Å². The maximum absolute atomic E-state index is 5.47. The molecular formula is C17H19NO. The van der Waals surface area contributed by atoms with Gasteiger partial charge in [0, 0.05) is 6.54 Å². The van der Waals surface area contributed by atoms with Gasteiger partial charge in [-0.15, -0.1) is 6.42 Å². The van der Waals surface area contributed by atoms with Crippen molar-refractivity contribution in [2.45, 2.75) is 25.9 Å². The molecule has 1 N–H and O–H groups in total. The van der Waals surface area contributed by atoms with E-state index in [2.05, 4.69) is 35.5 Å². The number of fused-ring (bicyclic) bond motifs is 1. The van der Waals surface area contributed by atoms with E-state index in [4.69, 9.17) is 11.2 Å². The number of nitrogens with one attached hydrogen (secondary N) is 1. The van der Waals surface area contributed by atoms with Crippen molar-refractivity contribution in [1.29, 1.82) is 0 Å². The third kappa shape index (κ3) is 3.27. The van der Waals surface area contributed by atoms with Crippen LogP contribution in [0.4, 0.5) is 0 Å². The molecule has 2 aromatic carbocycles. The Hall–Kier alpha value is -1.98. The molecule has 2 aromatic rings. The molecule has 0 aliphatic heterocycles. The summed E-state index contributed by atoms with van der Waals surface area (Å²) in [4.78, 5) is 0. The molecule has 19 heavy (non-hydrogen) atoms. The summed E-state index contributed by atoms with van der Waals surface area (Å²) in [5.74, 6) is 3.62. The maximum atomic E-state index is 5.47. The van der Waals surface area contributed by atoms with Crippen LogP contribution >= 0.6 is 0 Å². The number of terminal acetylenes is 1. The first-order chi connectivity index (χ1) is 9.04. The van der Waals surface area contributed by atoms with E-state index in [1.807, 2.05) is 26.0 Å². The summed E-state index contributed by atoms with van der Waals surface area (Å²) >= 11 is 0. The molecule has 0 aromatic heterocycles. The van der Waals surface area contributed by atoms with Gasteiger partial charge in [0.25, 0.3) is 0 Å². The van der Waals surface area contributed by atoms with Gasteiger partial charge in [-0.2, -0.15) is 0 Å². The van der Waals surface area contributed by atoms with Gasteiger partial charge in [0.2, 0.25) is 0 Å². The van der Waals surface area contributed by atoms with E-state index >= 15 is 0 Å². The molecule has 2 heteroatoms. The predicted molar refractivity (Wildman–Crippen MR) is 80.3 cm³/mol. The zero-order valence-corrected chi connectivity index (χ0v) is 11.7. The van der Waals surface area contributed by atoms with E-state index in [9.17, 15) is 0 Å². The number of hydrogen-bond donors (Lipinski definition) is 1. The molecule has 0 bridgehead atoms. The molecule has 0 aliphatic rings. The first-order valence-corrected chi connectivity index (χ1v) is 6.33. The van der Waals surface area contributed by atoms with E-state index in [-0.39, 0.29) is 5.54 Å². The quantitative estimate of drug-likeness (QED) is 0.844. The molecule has 0 saturated heterocycles. The fourth-order valence-electron chi connectivity index (χ4n) is 1.88. The minimum Gasteiger partial charge on any atom is -0.497 e. The van der Waals surface area contributed by atoms with Crippen molar-refractivity contribution >= 4 is 10.8 Å². The number of rotatable bonds is 4. The summed E-state index contributed by atoms with van der Waals surface area (Å²) in [6.45, 7) is 4.76. The second-order valence-corrected chi connectivity index (χ2v) is 5.17. The lowest BCUT2D eigenvalue weighted by Gasteiger charge is -2.19. The van der Waals surface area contributed by atoms with Crippen LogP contribution in [0.1, 0.15) is 19.4 Å². The molecule has 2 nitrogen and oxygen atoms in total. The molecule has 0 unspecified atom stereocenters. The van der Waals surface area contributed by atoms with Crippen molar-refractivity contribution in [2.24, 2.45) is 0 Å². The molecule has 0 aliphatic carbocycles. The van der Waals surface area contributed by atoms with E-state index in [1.54, 1.807) is 7.11 Å². The average Bonchev–Trinajstić information content (AvgIpc) is 2.44. The Morgan fingerprint density at radius 2 is 1.84 bits per heavy atom. The van der Waals surface area contributed by atoms with Gasteiger partial charge >= 0.3 is 0 Å². The van der Waals surface area contributed by atoms with Gasteiger partial charge in [-0.25, -0.2) is 0 Å². The normalized spacial score (nSPS) is 11.3. The van der Waals surface area contributed by atoms with Gasteiger partial charge in [-0.3, -0.25) is 5.32 Å². The molecule has 0 heterocycles. The largest absolute Gasteiger partial charge is 0.497 e. The van der Waals surface area contributed by atoms with Crippen LogP contribution in [-0.4, -0.2) is 12.6 Å². The van der Waals surface area contributed by atoms with Crippen molar-refractivity contribution in [3.63, 3.8) is 0 Å². The zero-order chi connectivity index (χ0) is 13.9. The van der Waals surface area contributed by atoms with Gasteiger partial charge in [0.05, 0.1) is 12.6 Å². The fourth-order valence-corrected chi connectivity index (χ4v) is 1.88. The van der Waals surface area contributed by atoms with E-state index in [1.165, 1.54) is 16.3 Å². The SMILES string of the molecule is C#CC(C)(C)NCc1ccc2cc(OC)ccc2c1. The molecule has 98 valence electrons. The smallest absolute Gasteiger partial charge is 0.119 e. The van der Waals surface area contributed by atoms with Crippen molar-refractivity contribution in [2.75, 3.05) is 7.11 Å². The molecular weight excluding hydrogens is 234 g/mol. The molecule has 0 amide bonds. The molecule has 2 rings (SSSR count). The monoisotopic (exact) mass is 253 g/mol. The number of ether oxygens (including phenoxy) is 1. The molecule has 0 saturated carbocycles. The Morgan fingerprint density at radius 3 is 2.53 bits per heavy atom. The van der Waals surface area contributed by atoms with Crippen LogP contribution in [-0.2, 0) is 6.54 Å². The van der Waals surface area contributed by atoms with Gasteiger partial charge < -0.3 is 4.74 Å². The van der Waals surface area contributed by atoms with Crippen LogP contribution < -0.4 is 10.1 Å². The molecule has 0 fully saturated rings. The van der Waals surface area contributed by atoms with Crippen LogP contribution in [0.5, 0.6) is 5.75 Å². The van der Waals surface area contributed by atoms with Crippen LogP contribution in [0.2, 0.25) is 0 Å². The summed E-state index contributed by atoms with van der Waals surface area (Å²) in [5.41, 5.74) is 0.940. The summed E-state index contributed by atoms with van der Waals surface area (Å²) in [5, 5.41) is 5.74. The third-order valence-corrected chi connectivity index (χ3v) is 3.21. The summed E-state index contributed by atoms with van der Waals surface area (Å²) in [6.07, 6.45) is 5.47. The zero-order valence-electron chi connectivity index (χ0n) is 11.7. The Kier molecular flexibility index (Phi) is 3.78. The lowest BCUT2D eigenvalue weighted by Crippen LogP contribution is -2.36. The van der Waals surface area contributed by atoms with Crippen LogP contribution in [0.15, 0.2) is 36.4 Å². The average molecular weight is 253 g/mol. The van der Waals surface area contributed by atoms with E-state index in [0.29, 0.717) is 0 Å². The van der Waals surface area contributed by atoms with Crippen LogP contribution in [0, 0.1) is 12.3 Å². The standard InChI is InChI=1S/C17H19NO/c1-5-17(2,3)18-12-13-6-7-15-11-16(19-4)9-8-14(15)10-13/h1,6-11,18H,12H2,2-4H3. The first-order valence-electron chi connectivity index (χ1n) is 6.33. The predicted octanol–water partition coefficient (Wildman–Crippen LogP) is 3.35. The highest BCUT2D eigenvalue weighted by atomic mass is 16.5. The lowest BCUT2D eigenvalue weighted by molar-refractivity contribution is 0.415. The summed E-state index contributed by atoms with van der Waals surface area (Å²) < 4.78 is 5.22. The van der Waals surface area contributed by atoms with Crippen LogP contribution in [0.25, 0.3) is 10.8 Å². The fraction of sp³-hybridized carbons (Fsp3) is 0.294. The van der Waals surface area contributed by atoms with Crippen molar-refractivity contribution in [3.05, 3.63) is 42.0 Å². The number of hydrogen-bond acceptors (Lipinski definition) is 2. The van der Waals surface area contributed by atoms with Gasteiger partial charge in [-0.05, 0) is 48.4 Å². The Morgan fingerprint density at radius 1 is 1.16 bits per heavy atom. The minimum atomic E-state index is -0.283. The Labute approximate surface area is 114 Å². The van der Waals surface area contributed by atoms with Gasteiger partial charge in [0.1, 0.15) is 5.75 Å². The van der Waals surface area contributed by atoms with Crippen molar-refractivity contribution < 1.29 is 4.74 Å². The summed E-state index contributed by atoms with van der Waals surface area (Å²) in [6, 6.07) is 12.5. The third-order valence-electron chi connectivity index (χ3n) is 3.21. The lowest BCUT2D eigenvalue weighted by atomic mass is 10.0. The first kappa shape index (κ1) is 13.5. The highest BCUT2D eigenvalue weighted by Gasteiger charge is 2.12. The highest BCUT2D eigenvalue weighted by molar-refractivity contribution is 5.84. The van der Waals surface area contributed by atoms with Gasteiger partial charge in [-0.1, -0.05) is 24.1 Å². The maximum Gasteiger partial charge on any atom is 0.119 e. The summed E-state index contributed by atoms with van der Waals surface area (Å²) in [7, 11) is 1.68. The van der Waals surface area contributed by atoms with E-state index in [0.717, 1.165) is 12.3 Å².